The van der Waals surface area contributed by atoms with Crippen LogP contribution >= 0.6 is 11.8 Å². The van der Waals surface area contributed by atoms with Gasteiger partial charge in [-0.25, -0.2) is 0 Å². The molecule has 0 amide bonds. The third kappa shape index (κ3) is 4.71. The second-order valence-electron chi connectivity index (χ2n) is 10.6. The molecular weight excluding hydrogens is 416 g/mol. The molecule has 1 atom stereocenters. The zero-order chi connectivity index (χ0) is 22.1. The average molecular weight is 451 g/mol. The Morgan fingerprint density at radius 3 is 2.31 bits per heavy atom. The number of ether oxygens (including phenoxy) is 1. The summed E-state index contributed by atoms with van der Waals surface area (Å²) in [5, 5.41) is 8.99. The van der Waals surface area contributed by atoms with Gasteiger partial charge in [0, 0.05) is 11.5 Å². The Bertz CT molecular complexity index is 916. The monoisotopic (exact) mass is 450 g/mol. The number of carboxylic acid groups (broad SMARTS) is 1. The van der Waals surface area contributed by atoms with E-state index in [1.807, 2.05) is 12.1 Å². The van der Waals surface area contributed by atoms with E-state index < -0.39 is 5.97 Å². The van der Waals surface area contributed by atoms with Gasteiger partial charge in [-0.1, -0.05) is 43.3 Å². The Kier molecular flexibility index (Phi) is 6.24. The van der Waals surface area contributed by atoms with Gasteiger partial charge in [0.15, 0.2) is 0 Å². The van der Waals surface area contributed by atoms with Crippen molar-refractivity contribution in [3.8, 4) is 5.75 Å². The van der Waals surface area contributed by atoms with E-state index in [1.54, 1.807) is 24.2 Å². The predicted octanol–water partition coefficient (Wildman–Crippen LogP) is 6.69. The molecule has 4 aliphatic rings. The fourth-order valence-electron chi connectivity index (χ4n) is 6.73. The molecule has 0 aliphatic heterocycles. The van der Waals surface area contributed by atoms with Crippen molar-refractivity contribution in [3.63, 3.8) is 0 Å². The maximum atomic E-state index is 10.9. The molecule has 32 heavy (non-hydrogen) atoms. The van der Waals surface area contributed by atoms with Crippen molar-refractivity contribution in [1.29, 1.82) is 0 Å². The van der Waals surface area contributed by atoms with E-state index in [0.717, 1.165) is 29.3 Å². The van der Waals surface area contributed by atoms with Crippen molar-refractivity contribution >= 4 is 17.7 Å². The smallest absolute Gasteiger partial charge is 0.307 e. The molecule has 0 spiro atoms. The topological polar surface area (TPSA) is 46.5 Å². The summed E-state index contributed by atoms with van der Waals surface area (Å²) in [7, 11) is 0. The van der Waals surface area contributed by atoms with Crippen LogP contribution in [0.3, 0.4) is 0 Å². The lowest BCUT2D eigenvalue weighted by Crippen LogP contribution is -2.48. The van der Waals surface area contributed by atoms with Crippen LogP contribution in [0.5, 0.6) is 5.75 Å². The highest BCUT2D eigenvalue weighted by atomic mass is 32.2. The number of carbonyl (C=O) groups is 1. The van der Waals surface area contributed by atoms with Crippen LogP contribution < -0.4 is 4.74 Å². The molecule has 4 heteroatoms. The van der Waals surface area contributed by atoms with Gasteiger partial charge in [0.2, 0.25) is 0 Å². The lowest BCUT2D eigenvalue weighted by atomic mass is 9.48. The van der Waals surface area contributed by atoms with Crippen LogP contribution in [-0.4, -0.2) is 16.8 Å². The number of aliphatic carboxylic acids is 1. The molecule has 0 radical (unpaired) electrons. The maximum Gasteiger partial charge on any atom is 0.307 e. The van der Waals surface area contributed by atoms with Gasteiger partial charge < -0.3 is 9.84 Å². The average Bonchev–Trinajstić information content (AvgIpc) is 2.78. The largest absolute Gasteiger partial charge is 0.489 e. The Morgan fingerprint density at radius 2 is 1.69 bits per heavy atom. The summed E-state index contributed by atoms with van der Waals surface area (Å²) >= 11 is 1.66. The van der Waals surface area contributed by atoms with Gasteiger partial charge in [-0.2, -0.15) is 11.8 Å². The standard InChI is InChI=1S/C28H34O3S/c1-19(27(29)30)17-32-18-20-5-7-26(8-6-20)31-16-21-3-2-4-25(12-21)28-13-22-9-23(14-28)11-24(10-22)15-28/h2-8,12,19,22-24H,9-11,13-18H2,1H3,(H,29,30). The van der Waals surface area contributed by atoms with E-state index in [-0.39, 0.29) is 5.92 Å². The molecule has 4 bridgehead atoms. The molecule has 0 heterocycles. The summed E-state index contributed by atoms with van der Waals surface area (Å²) in [5.74, 6) is 4.20. The lowest BCUT2D eigenvalue weighted by Gasteiger charge is -2.57. The molecule has 2 aromatic rings. The highest BCUT2D eigenvalue weighted by molar-refractivity contribution is 7.98. The second-order valence-corrected chi connectivity index (χ2v) is 11.6. The van der Waals surface area contributed by atoms with Gasteiger partial charge in [0.05, 0.1) is 5.92 Å². The van der Waals surface area contributed by atoms with Crippen LogP contribution in [0.15, 0.2) is 48.5 Å². The summed E-state index contributed by atoms with van der Waals surface area (Å²) in [6.45, 7) is 2.36. The molecule has 4 fully saturated rings. The quantitative estimate of drug-likeness (QED) is 0.462. The molecule has 0 aromatic heterocycles. The normalized spacial score (nSPS) is 29.1. The van der Waals surface area contributed by atoms with Gasteiger partial charge in [-0.15, -0.1) is 0 Å². The molecule has 1 N–H and O–H groups in total. The molecule has 0 saturated heterocycles. The molecule has 6 rings (SSSR count). The van der Waals surface area contributed by atoms with Gasteiger partial charge in [0.1, 0.15) is 12.4 Å². The molecule has 170 valence electrons. The zero-order valence-corrected chi connectivity index (χ0v) is 19.8. The predicted molar refractivity (Wildman–Crippen MR) is 130 cm³/mol. The number of hydrogen-bond acceptors (Lipinski definition) is 3. The molecule has 1 unspecified atom stereocenters. The van der Waals surface area contributed by atoms with Crippen molar-refractivity contribution in [2.75, 3.05) is 5.75 Å². The summed E-state index contributed by atoms with van der Waals surface area (Å²) in [5.41, 5.74) is 4.45. The van der Waals surface area contributed by atoms with E-state index in [4.69, 9.17) is 9.84 Å². The SMILES string of the molecule is CC(CSCc1ccc(OCc2cccc(C34CC5CC(CC(C5)C3)C4)c2)cc1)C(=O)O. The minimum atomic E-state index is -0.728. The van der Waals surface area contributed by atoms with Crippen molar-refractivity contribution in [2.45, 2.75) is 63.2 Å². The molecule has 4 saturated carbocycles. The fourth-order valence-corrected chi connectivity index (χ4v) is 7.77. The third-order valence-electron chi connectivity index (χ3n) is 7.96. The van der Waals surface area contributed by atoms with Gasteiger partial charge in [-0.05, 0) is 90.5 Å². The highest BCUT2D eigenvalue weighted by Gasteiger charge is 2.51. The molecule has 4 aliphatic carbocycles. The van der Waals surface area contributed by atoms with Crippen LogP contribution in [-0.2, 0) is 22.6 Å². The van der Waals surface area contributed by atoms with E-state index in [9.17, 15) is 4.79 Å². The van der Waals surface area contributed by atoms with Crippen LogP contribution in [0.1, 0.15) is 62.1 Å². The number of rotatable bonds is 9. The zero-order valence-electron chi connectivity index (χ0n) is 19.0. The highest BCUT2D eigenvalue weighted by Crippen LogP contribution is 2.60. The Morgan fingerprint density at radius 1 is 1.03 bits per heavy atom. The second kappa shape index (κ2) is 9.13. The Hall–Kier alpha value is -1.94. The van der Waals surface area contributed by atoms with E-state index in [1.165, 1.54) is 49.7 Å². The Labute approximate surface area is 196 Å². The molecular formula is C28H34O3S. The van der Waals surface area contributed by atoms with E-state index >= 15 is 0 Å². The summed E-state index contributed by atoms with van der Waals surface area (Å²) in [6.07, 6.45) is 8.63. The first kappa shape index (κ1) is 21.9. The maximum absolute atomic E-state index is 10.9. The summed E-state index contributed by atoms with van der Waals surface area (Å²) < 4.78 is 6.11. The minimum Gasteiger partial charge on any atom is -0.489 e. The summed E-state index contributed by atoms with van der Waals surface area (Å²) in [4.78, 5) is 10.9. The van der Waals surface area contributed by atoms with Crippen LogP contribution in [0, 0.1) is 23.7 Å². The first-order valence-electron chi connectivity index (χ1n) is 12.1. The van der Waals surface area contributed by atoms with Gasteiger partial charge in [0.25, 0.3) is 0 Å². The fraction of sp³-hybridized carbons (Fsp3) is 0.536. The summed E-state index contributed by atoms with van der Waals surface area (Å²) in [6, 6.07) is 17.4. The first-order chi connectivity index (χ1) is 15.5. The van der Waals surface area contributed by atoms with E-state index in [0.29, 0.717) is 17.8 Å². The van der Waals surface area contributed by atoms with Crippen molar-refractivity contribution in [3.05, 3.63) is 65.2 Å². The van der Waals surface area contributed by atoms with E-state index in [2.05, 4.69) is 36.4 Å². The molecule has 2 aromatic carbocycles. The number of thioether (sulfide) groups is 1. The van der Waals surface area contributed by atoms with Crippen LogP contribution in [0.4, 0.5) is 0 Å². The minimum absolute atomic E-state index is 0.309. The van der Waals surface area contributed by atoms with Crippen molar-refractivity contribution in [1.82, 2.24) is 0 Å². The third-order valence-corrected chi connectivity index (χ3v) is 9.24. The first-order valence-corrected chi connectivity index (χ1v) is 13.3. The van der Waals surface area contributed by atoms with Crippen LogP contribution in [0.25, 0.3) is 0 Å². The van der Waals surface area contributed by atoms with Gasteiger partial charge >= 0.3 is 5.97 Å². The van der Waals surface area contributed by atoms with Crippen molar-refractivity contribution < 1.29 is 14.6 Å². The number of carboxylic acids is 1. The lowest BCUT2D eigenvalue weighted by molar-refractivity contribution is -0.140. The Balaban J connectivity index is 1.17. The van der Waals surface area contributed by atoms with Crippen LogP contribution in [0.2, 0.25) is 0 Å². The molecule has 3 nitrogen and oxygen atoms in total. The van der Waals surface area contributed by atoms with Gasteiger partial charge in [-0.3, -0.25) is 4.79 Å². The number of hydrogen-bond donors (Lipinski definition) is 1. The number of benzene rings is 2. The van der Waals surface area contributed by atoms with Crippen molar-refractivity contribution in [2.24, 2.45) is 23.7 Å².